The van der Waals surface area contributed by atoms with Crippen LogP contribution < -0.4 is 0 Å². The Hall–Kier alpha value is -1.69. The van der Waals surface area contributed by atoms with Gasteiger partial charge < -0.3 is 9.47 Å². The van der Waals surface area contributed by atoms with E-state index in [1.165, 1.54) is 13.8 Å². The van der Waals surface area contributed by atoms with Crippen LogP contribution in [0.25, 0.3) is 0 Å². The molecule has 0 saturated carbocycles. The molecule has 0 heterocycles. The Balaban J connectivity index is 4.68. The molecule has 0 aliphatic rings. The lowest BCUT2D eigenvalue weighted by Crippen LogP contribution is -2.44. The molecule has 4 nitrogen and oxygen atoms in total. The third kappa shape index (κ3) is 8.55. The number of esters is 2. The summed E-state index contributed by atoms with van der Waals surface area (Å²) in [5, 5.41) is 0. The first-order valence-corrected chi connectivity index (χ1v) is 7.78. The maximum Gasteiger partial charge on any atom is 0.453 e. The molecule has 13 heteroatoms. The van der Waals surface area contributed by atoms with Crippen LogP contribution >= 0.6 is 0 Å². The molecule has 0 unspecified atom stereocenters. The van der Waals surface area contributed by atoms with E-state index < -0.39 is 67.4 Å². The Kier molecular flexibility index (Phi) is 8.24. The van der Waals surface area contributed by atoms with Gasteiger partial charge in [-0.15, -0.1) is 0 Å². The van der Waals surface area contributed by atoms with Gasteiger partial charge in [0.05, 0.1) is 18.3 Å². The van der Waals surface area contributed by atoms with Gasteiger partial charge >= 0.3 is 24.0 Å². The van der Waals surface area contributed by atoms with Crippen LogP contribution in [0.1, 0.15) is 40.0 Å². The maximum atomic E-state index is 13.4. The fourth-order valence-electron chi connectivity index (χ4n) is 1.61. The van der Waals surface area contributed by atoms with E-state index in [9.17, 15) is 49.1 Å². The second kappa shape index (κ2) is 8.76. The zero-order valence-electron chi connectivity index (χ0n) is 15.1. The smallest absolute Gasteiger partial charge is 0.453 e. The Morgan fingerprint density at radius 3 is 1.71 bits per heavy atom. The van der Waals surface area contributed by atoms with Gasteiger partial charge in [0.15, 0.2) is 13.2 Å². The molecule has 0 aromatic heterocycles. The number of hydrogen-bond donors (Lipinski definition) is 0. The van der Waals surface area contributed by atoms with Crippen LogP contribution in [0.3, 0.4) is 0 Å². The highest BCUT2D eigenvalue weighted by Crippen LogP contribution is 2.45. The second-order valence-corrected chi connectivity index (χ2v) is 6.74. The van der Waals surface area contributed by atoms with Gasteiger partial charge in [-0.1, -0.05) is 6.92 Å². The van der Waals surface area contributed by atoms with Gasteiger partial charge in [0, 0.05) is 0 Å². The molecule has 0 N–H and O–H groups in total. The van der Waals surface area contributed by atoms with Crippen LogP contribution in [0.4, 0.5) is 39.5 Å². The van der Waals surface area contributed by atoms with Gasteiger partial charge in [0.25, 0.3) is 11.8 Å². The van der Waals surface area contributed by atoms with E-state index >= 15 is 0 Å². The van der Waals surface area contributed by atoms with Gasteiger partial charge in [0.1, 0.15) is 0 Å². The van der Waals surface area contributed by atoms with Crippen LogP contribution in [-0.2, 0) is 19.1 Å². The zero-order valence-corrected chi connectivity index (χ0v) is 15.1. The van der Waals surface area contributed by atoms with E-state index in [4.69, 9.17) is 0 Å². The molecule has 0 rings (SSSR count). The van der Waals surface area contributed by atoms with E-state index in [1.807, 2.05) is 0 Å². The minimum atomic E-state index is -6.34. The summed E-state index contributed by atoms with van der Waals surface area (Å²) < 4.78 is 123. The molecule has 0 spiro atoms. The van der Waals surface area contributed by atoms with Gasteiger partial charge in [-0.05, 0) is 20.3 Å². The quantitative estimate of drug-likeness (QED) is 0.368. The normalized spacial score (nSPS) is 14.0. The molecule has 0 fully saturated rings. The predicted molar refractivity (Wildman–Crippen MR) is 76.1 cm³/mol. The monoisotopic (exact) mass is 434 g/mol. The SMILES string of the molecule is CCC(C)(C)C(=O)OCC(=O)OCC(F)(F)CC(F)(F)CC(F)(F)C(F)(F)F. The number of rotatable bonds is 10. The summed E-state index contributed by atoms with van der Waals surface area (Å²) in [6.45, 7) is 1.43. The first kappa shape index (κ1) is 26.3. The summed E-state index contributed by atoms with van der Waals surface area (Å²) in [5.41, 5.74) is -0.990. The molecule has 0 amide bonds. The summed E-state index contributed by atoms with van der Waals surface area (Å²) in [6.07, 6.45) is -11.9. The molecular weight excluding hydrogens is 415 g/mol. The van der Waals surface area contributed by atoms with Crippen molar-refractivity contribution in [2.24, 2.45) is 5.41 Å². The fraction of sp³-hybridized carbons (Fsp3) is 0.867. The lowest BCUT2D eigenvalue weighted by atomic mass is 9.91. The molecule has 0 aliphatic carbocycles. The van der Waals surface area contributed by atoms with Gasteiger partial charge in [-0.25, -0.2) is 22.4 Å². The molecule has 0 bridgehead atoms. The molecule has 0 aromatic rings. The fourth-order valence-corrected chi connectivity index (χ4v) is 1.61. The Bertz CT molecular complexity index is 556. The molecule has 0 saturated heterocycles. The van der Waals surface area contributed by atoms with Gasteiger partial charge in [0.2, 0.25) is 0 Å². The largest absolute Gasteiger partial charge is 0.457 e. The maximum absolute atomic E-state index is 13.4. The van der Waals surface area contributed by atoms with E-state index in [0.29, 0.717) is 6.42 Å². The van der Waals surface area contributed by atoms with Crippen molar-refractivity contribution >= 4 is 11.9 Å². The van der Waals surface area contributed by atoms with Gasteiger partial charge in [-0.2, -0.15) is 22.0 Å². The van der Waals surface area contributed by atoms with E-state index in [0.717, 1.165) is 0 Å². The van der Waals surface area contributed by atoms with Crippen molar-refractivity contribution < 1.29 is 58.6 Å². The highest BCUT2D eigenvalue weighted by atomic mass is 19.4. The molecular formula is C15H19F9O4. The topological polar surface area (TPSA) is 52.6 Å². The lowest BCUT2D eigenvalue weighted by molar-refractivity contribution is -0.304. The van der Waals surface area contributed by atoms with Crippen LogP contribution in [0.2, 0.25) is 0 Å². The lowest BCUT2D eigenvalue weighted by Gasteiger charge is -2.27. The summed E-state index contributed by atoms with van der Waals surface area (Å²) in [5.74, 6) is -18.0. The summed E-state index contributed by atoms with van der Waals surface area (Å²) in [6, 6.07) is 0. The van der Waals surface area contributed by atoms with Crippen LogP contribution in [0.15, 0.2) is 0 Å². The molecule has 28 heavy (non-hydrogen) atoms. The first-order chi connectivity index (χ1) is 12.2. The summed E-state index contributed by atoms with van der Waals surface area (Å²) in [4.78, 5) is 22.8. The average Bonchev–Trinajstić information content (AvgIpc) is 2.47. The van der Waals surface area contributed by atoms with Crippen LogP contribution in [0, 0.1) is 5.41 Å². The molecule has 0 aromatic carbocycles. The van der Waals surface area contributed by atoms with Crippen molar-refractivity contribution in [3.05, 3.63) is 0 Å². The standard InChI is InChI=1S/C15H19F9O4/c1-4-11(2,3)10(26)27-5-9(25)28-8-13(18,19)6-12(16,17)7-14(20,21)15(22,23)24/h4-8H2,1-3H3. The summed E-state index contributed by atoms with van der Waals surface area (Å²) in [7, 11) is 0. The van der Waals surface area contributed by atoms with Crippen molar-refractivity contribution in [2.75, 3.05) is 13.2 Å². The highest BCUT2D eigenvalue weighted by Gasteiger charge is 2.62. The number of carbonyl (C=O) groups excluding carboxylic acids is 2. The van der Waals surface area contributed by atoms with Crippen molar-refractivity contribution in [1.29, 1.82) is 0 Å². The van der Waals surface area contributed by atoms with Crippen LogP contribution in [0.5, 0.6) is 0 Å². The predicted octanol–water partition coefficient (Wildman–Crippen LogP) is 4.76. The Morgan fingerprint density at radius 1 is 0.786 bits per heavy atom. The number of alkyl halides is 9. The minimum Gasteiger partial charge on any atom is -0.457 e. The average molecular weight is 434 g/mol. The van der Waals surface area contributed by atoms with Crippen LogP contribution in [-0.4, -0.2) is 49.1 Å². The van der Waals surface area contributed by atoms with E-state index in [1.54, 1.807) is 6.92 Å². The third-order valence-corrected chi connectivity index (χ3v) is 3.61. The Morgan fingerprint density at radius 2 is 1.29 bits per heavy atom. The van der Waals surface area contributed by atoms with Crippen molar-refractivity contribution in [1.82, 2.24) is 0 Å². The Labute approximate surface area is 154 Å². The summed E-state index contributed by atoms with van der Waals surface area (Å²) >= 11 is 0. The number of halogens is 9. The minimum absolute atomic E-state index is 0.316. The van der Waals surface area contributed by atoms with Gasteiger partial charge in [-0.3, -0.25) is 4.79 Å². The third-order valence-electron chi connectivity index (χ3n) is 3.61. The second-order valence-electron chi connectivity index (χ2n) is 6.74. The molecule has 0 radical (unpaired) electrons. The van der Waals surface area contributed by atoms with Crippen molar-refractivity contribution in [3.63, 3.8) is 0 Å². The zero-order chi connectivity index (χ0) is 22.6. The van der Waals surface area contributed by atoms with E-state index in [2.05, 4.69) is 9.47 Å². The first-order valence-electron chi connectivity index (χ1n) is 7.78. The van der Waals surface area contributed by atoms with E-state index in [-0.39, 0.29) is 0 Å². The number of hydrogen-bond acceptors (Lipinski definition) is 4. The number of carbonyl (C=O) groups is 2. The molecule has 0 atom stereocenters. The van der Waals surface area contributed by atoms with Crippen molar-refractivity contribution in [2.45, 2.75) is 64.0 Å². The number of ether oxygens (including phenoxy) is 2. The highest BCUT2D eigenvalue weighted by molar-refractivity contribution is 5.79. The van der Waals surface area contributed by atoms with Crippen molar-refractivity contribution in [3.8, 4) is 0 Å². The molecule has 166 valence electrons. The molecule has 0 aliphatic heterocycles.